The van der Waals surface area contributed by atoms with Crippen LogP contribution in [-0.2, 0) is 14.3 Å². The smallest absolute Gasteiger partial charge is 0.315 e. The minimum Gasteiger partial charge on any atom is -0.465 e. The molecule has 13 heavy (non-hydrogen) atoms. The predicted molar refractivity (Wildman–Crippen MR) is 45.0 cm³/mol. The largest absolute Gasteiger partial charge is 0.465 e. The Balaban J connectivity index is 2.11. The highest BCUT2D eigenvalue weighted by atomic mass is 16.6. The predicted octanol–water partition coefficient (Wildman–Crippen LogP) is 0.893. The van der Waals surface area contributed by atoms with Crippen LogP contribution < -0.4 is 0 Å². The van der Waals surface area contributed by atoms with Crippen LogP contribution in [0.25, 0.3) is 0 Å². The molecule has 0 amide bonds. The van der Waals surface area contributed by atoms with E-state index in [9.17, 15) is 4.79 Å². The Bertz CT molecular complexity index is 297. The van der Waals surface area contributed by atoms with Gasteiger partial charge in [0, 0.05) is 5.92 Å². The first-order chi connectivity index (χ1) is 6.29. The zero-order valence-corrected chi connectivity index (χ0v) is 7.53. The van der Waals surface area contributed by atoms with Crippen LogP contribution in [0.5, 0.6) is 0 Å². The van der Waals surface area contributed by atoms with Gasteiger partial charge in [0.15, 0.2) is 0 Å². The Hall–Kier alpha value is -0.830. The van der Waals surface area contributed by atoms with Gasteiger partial charge < -0.3 is 9.47 Å². The van der Waals surface area contributed by atoms with E-state index in [4.69, 9.17) is 9.47 Å². The summed E-state index contributed by atoms with van der Waals surface area (Å²) in [5.74, 6) is 0.205. The summed E-state index contributed by atoms with van der Waals surface area (Å²) in [7, 11) is 0. The maximum Gasteiger partial charge on any atom is 0.315 e. The number of hydrogen-bond donors (Lipinski definition) is 0. The second kappa shape index (κ2) is 2.15. The molecule has 3 heterocycles. The van der Waals surface area contributed by atoms with Crippen molar-refractivity contribution in [2.75, 3.05) is 6.61 Å². The number of cyclic esters (lactones) is 1. The van der Waals surface area contributed by atoms with Gasteiger partial charge in [-0.3, -0.25) is 4.79 Å². The van der Waals surface area contributed by atoms with Gasteiger partial charge in [0.25, 0.3) is 0 Å². The van der Waals surface area contributed by atoms with Crippen LogP contribution in [0.2, 0.25) is 0 Å². The van der Waals surface area contributed by atoms with E-state index in [0.717, 1.165) is 6.42 Å². The van der Waals surface area contributed by atoms with E-state index in [1.54, 1.807) is 0 Å². The van der Waals surface area contributed by atoms with Crippen molar-refractivity contribution in [2.24, 2.45) is 11.3 Å². The van der Waals surface area contributed by atoms with Crippen LogP contribution in [0.1, 0.15) is 13.3 Å². The van der Waals surface area contributed by atoms with Crippen molar-refractivity contribution in [1.82, 2.24) is 0 Å². The second-order valence-electron chi connectivity index (χ2n) is 4.01. The number of carbonyl (C=O) groups excluding carboxylic acids is 1. The summed E-state index contributed by atoms with van der Waals surface area (Å²) in [6.07, 6.45) is 4.99. The molecule has 3 heteroatoms. The van der Waals surface area contributed by atoms with Gasteiger partial charge in [-0.05, 0) is 6.42 Å². The topological polar surface area (TPSA) is 35.5 Å². The molecular formula is C10H12O3. The SMILES string of the molecule is CCC12C(=O)OCC1C1C=CC2O1. The molecule has 2 fully saturated rings. The molecule has 0 aliphatic carbocycles. The molecule has 0 N–H and O–H groups in total. The van der Waals surface area contributed by atoms with Gasteiger partial charge in [-0.1, -0.05) is 19.1 Å². The highest BCUT2D eigenvalue weighted by molar-refractivity contribution is 5.81. The Labute approximate surface area is 76.7 Å². The van der Waals surface area contributed by atoms with E-state index in [1.807, 2.05) is 13.0 Å². The average Bonchev–Trinajstić information content (AvgIpc) is 2.76. The van der Waals surface area contributed by atoms with Crippen molar-refractivity contribution < 1.29 is 14.3 Å². The van der Waals surface area contributed by atoms with Crippen molar-refractivity contribution in [3.63, 3.8) is 0 Å². The first-order valence-corrected chi connectivity index (χ1v) is 4.80. The van der Waals surface area contributed by atoms with Crippen LogP contribution in [-0.4, -0.2) is 24.8 Å². The van der Waals surface area contributed by atoms with Crippen molar-refractivity contribution in [2.45, 2.75) is 25.6 Å². The molecule has 4 unspecified atom stereocenters. The Kier molecular flexibility index (Phi) is 1.25. The fraction of sp³-hybridized carbons (Fsp3) is 0.700. The summed E-state index contributed by atoms with van der Waals surface area (Å²) in [6.45, 7) is 2.58. The van der Waals surface area contributed by atoms with E-state index in [-0.39, 0.29) is 29.5 Å². The molecule has 0 spiro atoms. The molecule has 0 radical (unpaired) electrons. The average molecular weight is 180 g/mol. The molecule has 2 bridgehead atoms. The Morgan fingerprint density at radius 2 is 2.46 bits per heavy atom. The molecule has 0 saturated carbocycles. The van der Waals surface area contributed by atoms with Gasteiger partial charge >= 0.3 is 5.97 Å². The first-order valence-electron chi connectivity index (χ1n) is 4.80. The number of hydrogen-bond acceptors (Lipinski definition) is 3. The van der Waals surface area contributed by atoms with Crippen molar-refractivity contribution >= 4 is 5.97 Å². The standard InChI is InChI=1S/C10H12O3/c1-2-10-6(5-12-9(10)11)7-3-4-8(10)13-7/h3-4,6-8H,2,5H2,1H3. The van der Waals surface area contributed by atoms with Crippen LogP contribution in [0.4, 0.5) is 0 Å². The fourth-order valence-corrected chi connectivity index (χ4v) is 2.92. The van der Waals surface area contributed by atoms with Gasteiger partial charge in [0.05, 0.1) is 18.8 Å². The van der Waals surface area contributed by atoms with Gasteiger partial charge in [-0.15, -0.1) is 0 Å². The normalized spacial score (nSPS) is 51.2. The lowest BCUT2D eigenvalue weighted by molar-refractivity contribution is -0.149. The number of ether oxygens (including phenoxy) is 2. The number of rotatable bonds is 1. The minimum atomic E-state index is -0.348. The van der Waals surface area contributed by atoms with Crippen LogP contribution in [0.15, 0.2) is 12.2 Å². The maximum atomic E-state index is 11.7. The summed E-state index contributed by atoms with van der Waals surface area (Å²) in [5, 5.41) is 0. The van der Waals surface area contributed by atoms with E-state index < -0.39 is 0 Å². The maximum absolute atomic E-state index is 11.7. The molecule has 3 aliphatic rings. The van der Waals surface area contributed by atoms with Gasteiger partial charge in [-0.25, -0.2) is 0 Å². The fourth-order valence-electron chi connectivity index (χ4n) is 2.92. The Morgan fingerprint density at radius 1 is 1.62 bits per heavy atom. The van der Waals surface area contributed by atoms with Crippen LogP contribution in [0, 0.1) is 11.3 Å². The highest BCUT2D eigenvalue weighted by Crippen LogP contribution is 2.54. The highest BCUT2D eigenvalue weighted by Gasteiger charge is 2.65. The quantitative estimate of drug-likeness (QED) is 0.444. The molecule has 0 aromatic carbocycles. The zero-order valence-electron chi connectivity index (χ0n) is 7.53. The third-order valence-corrected chi connectivity index (χ3v) is 3.70. The third kappa shape index (κ3) is 0.645. The van der Waals surface area contributed by atoms with E-state index in [1.165, 1.54) is 0 Å². The third-order valence-electron chi connectivity index (χ3n) is 3.70. The van der Waals surface area contributed by atoms with Gasteiger partial charge in [0.2, 0.25) is 0 Å². The molecular weight excluding hydrogens is 168 g/mol. The van der Waals surface area contributed by atoms with Crippen LogP contribution in [0.3, 0.4) is 0 Å². The lowest BCUT2D eigenvalue weighted by Crippen LogP contribution is -2.40. The molecule has 3 rings (SSSR count). The lowest BCUT2D eigenvalue weighted by Gasteiger charge is -2.27. The summed E-state index contributed by atoms with van der Waals surface area (Å²) in [5.41, 5.74) is -0.348. The van der Waals surface area contributed by atoms with E-state index in [2.05, 4.69) is 6.08 Å². The molecule has 2 saturated heterocycles. The number of carbonyl (C=O) groups is 1. The summed E-state index contributed by atoms with van der Waals surface area (Å²) >= 11 is 0. The molecule has 3 aliphatic heterocycles. The minimum absolute atomic E-state index is 0.0255. The van der Waals surface area contributed by atoms with Crippen molar-refractivity contribution in [1.29, 1.82) is 0 Å². The Morgan fingerprint density at radius 3 is 3.15 bits per heavy atom. The first kappa shape index (κ1) is 7.56. The summed E-state index contributed by atoms with van der Waals surface area (Å²) in [6, 6.07) is 0. The molecule has 70 valence electrons. The molecule has 0 aromatic heterocycles. The summed E-state index contributed by atoms with van der Waals surface area (Å²) < 4.78 is 10.8. The van der Waals surface area contributed by atoms with E-state index in [0.29, 0.717) is 6.61 Å². The molecule has 4 atom stereocenters. The van der Waals surface area contributed by atoms with Crippen LogP contribution >= 0.6 is 0 Å². The number of fused-ring (bicyclic) bond motifs is 5. The molecule has 3 nitrogen and oxygen atoms in total. The number of esters is 1. The van der Waals surface area contributed by atoms with Gasteiger partial charge in [0.1, 0.15) is 5.41 Å². The molecule has 0 aromatic rings. The lowest BCUT2D eigenvalue weighted by atomic mass is 9.69. The monoisotopic (exact) mass is 180 g/mol. The summed E-state index contributed by atoms with van der Waals surface area (Å²) in [4.78, 5) is 11.7. The zero-order chi connectivity index (χ0) is 9.05. The van der Waals surface area contributed by atoms with Crippen molar-refractivity contribution in [3.8, 4) is 0 Å². The van der Waals surface area contributed by atoms with Crippen molar-refractivity contribution in [3.05, 3.63) is 12.2 Å². The van der Waals surface area contributed by atoms with Gasteiger partial charge in [-0.2, -0.15) is 0 Å². The van der Waals surface area contributed by atoms with E-state index >= 15 is 0 Å². The second-order valence-corrected chi connectivity index (χ2v) is 4.01.